The molecule has 0 aliphatic heterocycles. The summed E-state index contributed by atoms with van der Waals surface area (Å²) in [7, 11) is 0. The van der Waals surface area contributed by atoms with Crippen LogP contribution in [0.2, 0.25) is 0 Å². The SMILES string of the molecule is C=C(C=N/C(C)=C\C)c1ccccc1. The van der Waals surface area contributed by atoms with Crippen LogP contribution in [0.15, 0.2) is 53.7 Å². The molecule has 0 atom stereocenters. The Labute approximate surface area is 85.5 Å². The highest BCUT2D eigenvalue weighted by Crippen LogP contribution is 2.09. The standard InChI is InChI=1S/C13H15N/c1-4-12(3)14-10-11(2)13-8-6-5-7-9-13/h4-10H,2H2,1,3H3/b12-4-,14-10?. The fourth-order valence-corrected chi connectivity index (χ4v) is 0.981. The van der Waals surface area contributed by atoms with E-state index in [-0.39, 0.29) is 0 Å². The van der Waals surface area contributed by atoms with E-state index in [9.17, 15) is 0 Å². The average molecular weight is 185 g/mol. The van der Waals surface area contributed by atoms with E-state index in [4.69, 9.17) is 0 Å². The third kappa shape index (κ3) is 3.02. The van der Waals surface area contributed by atoms with Gasteiger partial charge in [-0.3, -0.25) is 4.99 Å². The molecule has 0 saturated heterocycles. The maximum Gasteiger partial charge on any atom is 0.0343 e. The molecule has 0 aliphatic rings. The molecule has 14 heavy (non-hydrogen) atoms. The first-order chi connectivity index (χ1) is 6.74. The van der Waals surface area contributed by atoms with Crippen molar-refractivity contribution in [3.8, 4) is 0 Å². The van der Waals surface area contributed by atoms with Gasteiger partial charge >= 0.3 is 0 Å². The molecule has 0 spiro atoms. The number of nitrogens with zero attached hydrogens (tertiary/aromatic N) is 1. The highest BCUT2D eigenvalue weighted by Gasteiger charge is 1.92. The summed E-state index contributed by atoms with van der Waals surface area (Å²) in [5.74, 6) is 0. The summed E-state index contributed by atoms with van der Waals surface area (Å²) in [6.45, 7) is 7.89. The van der Waals surface area contributed by atoms with Crippen LogP contribution >= 0.6 is 0 Å². The van der Waals surface area contributed by atoms with E-state index < -0.39 is 0 Å². The van der Waals surface area contributed by atoms with Crippen molar-refractivity contribution >= 4 is 11.8 Å². The summed E-state index contributed by atoms with van der Waals surface area (Å²) < 4.78 is 0. The van der Waals surface area contributed by atoms with Crippen LogP contribution in [0.5, 0.6) is 0 Å². The summed E-state index contributed by atoms with van der Waals surface area (Å²) in [4.78, 5) is 4.26. The summed E-state index contributed by atoms with van der Waals surface area (Å²) in [6, 6.07) is 10.0. The molecule has 1 heteroatoms. The van der Waals surface area contributed by atoms with Crippen molar-refractivity contribution in [2.45, 2.75) is 13.8 Å². The average Bonchev–Trinajstić information content (AvgIpc) is 2.26. The van der Waals surface area contributed by atoms with Crippen LogP contribution in [0.25, 0.3) is 5.57 Å². The van der Waals surface area contributed by atoms with Gasteiger partial charge in [0.2, 0.25) is 0 Å². The first kappa shape index (κ1) is 10.5. The quantitative estimate of drug-likeness (QED) is 0.637. The molecule has 1 aromatic rings. The minimum Gasteiger partial charge on any atom is -0.261 e. The number of allylic oxidation sites excluding steroid dienone is 3. The van der Waals surface area contributed by atoms with Gasteiger partial charge in [-0.05, 0) is 25.0 Å². The zero-order chi connectivity index (χ0) is 10.4. The Bertz CT molecular complexity index is 358. The van der Waals surface area contributed by atoms with Gasteiger partial charge in [-0.1, -0.05) is 43.0 Å². The topological polar surface area (TPSA) is 12.4 Å². The molecular formula is C13H15N. The Balaban J connectivity index is 2.74. The third-order valence-electron chi connectivity index (χ3n) is 1.99. The summed E-state index contributed by atoms with van der Waals surface area (Å²) in [5.41, 5.74) is 3.05. The Morgan fingerprint density at radius 2 is 1.93 bits per heavy atom. The number of benzene rings is 1. The lowest BCUT2D eigenvalue weighted by molar-refractivity contribution is 1.30. The zero-order valence-electron chi connectivity index (χ0n) is 8.70. The highest BCUT2D eigenvalue weighted by atomic mass is 14.7. The molecule has 0 N–H and O–H groups in total. The second kappa shape index (κ2) is 5.18. The van der Waals surface area contributed by atoms with Crippen LogP contribution in [-0.2, 0) is 0 Å². The molecule has 0 aliphatic carbocycles. The first-order valence-electron chi connectivity index (χ1n) is 4.65. The van der Waals surface area contributed by atoms with Crippen LogP contribution in [0.4, 0.5) is 0 Å². The van der Waals surface area contributed by atoms with Crippen LogP contribution in [0.1, 0.15) is 19.4 Å². The van der Waals surface area contributed by atoms with Crippen LogP contribution < -0.4 is 0 Å². The summed E-state index contributed by atoms with van der Waals surface area (Å²) in [6.07, 6.45) is 3.76. The number of aliphatic imine (C=N–C) groups is 1. The molecule has 0 bridgehead atoms. The molecule has 0 saturated carbocycles. The molecule has 0 radical (unpaired) electrons. The molecule has 0 unspecified atom stereocenters. The lowest BCUT2D eigenvalue weighted by Crippen LogP contribution is -1.83. The lowest BCUT2D eigenvalue weighted by atomic mass is 10.1. The van der Waals surface area contributed by atoms with Crippen molar-refractivity contribution in [1.29, 1.82) is 0 Å². The third-order valence-corrected chi connectivity index (χ3v) is 1.99. The van der Waals surface area contributed by atoms with Crippen molar-refractivity contribution in [2.75, 3.05) is 0 Å². The molecule has 0 amide bonds. The molecule has 0 fully saturated rings. The predicted molar refractivity (Wildman–Crippen MR) is 63.4 cm³/mol. The predicted octanol–water partition coefficient (Wildman–Crippen LogP) is 3.69. The number of hydrogen-bond donors (Lipinski definition) is 0. The van der Waals surface area contributed by atoms with Gasteiger partial charge in [0.15, 0.2) is 0 Å². The number of rotatable bonds is 3. The van der Waals surface area contributed by atoms with Crippen LogP contribution in [0.3, 0.4) is 0 Å². The molecule has 0 aromatic heterocycles. The Morgan fingerprint density at radius 1 is 1.29 bits per heavy atom. The van der Waals surface area contributed by atoms with Gasteiger partial charge < -0.3 is 0 Å². The smallest absolute Gasteiger partial charge is 0.0343 e. The van der Waals surface area contributed by atoms with Crippen molar-refractivity contribution < 1.29 is 0 Å². The Hall–Kier alpha value is -1.63. The minimum absolute atomic E-state index is 0.937. The van der Waals surface area contributed by atoms with E-state index in [0.29, 0.717) is 0 Å². The summed E-state index contributed by atoms with van der Waals surface area (Å²) >= 11 is 0. The molecule has 1 aromatic carbocycles. The van der Waals surface area contributed by atoms with E-state index in [1.54, 1.807) is 6.21 Å². The van der Waals surface area contributed by atoms with Crippen molar-refractivity contribution in [3.63, 3.8) is 0 Å². The minimum atomic E-state index is 0.937. The van der Waals surface area contributed by atoms with E-state index in [1.165, 1.54) is 0 Å². The van der Waals surface area contributed by atoms with Crippen molar-refractivity contribution in [2.24, 2.45) is 4.99 Å². The maximum atomic E-state index is 4.26. The van der Waals surface area contributed by atoms with Crippen molar-refractivity contribution in [1.82, 2.24) is 0 Å². The Morgan fingerprint density at radius 3 is 2.50 bits per heavy atom. The zero-order valence-corrected chi connectivity index (χ0v) is 8.70. The fourth-order valence-electron chi connectivity index (χ4n) is 0.981. The highest BCUT2D eigenvalue weighted by molar-refractivity contribution is 6.09. The number of hydrogen-bond acceptors (Lipinski definition) is 1. The lowest BCUT2D eigenvalue weighted by Gasteiger charge is -1.98. The van der Waals surface area contributed by atoms with Gasteiger partial charge in [-0.2, -0.15) is 0 Å². The van der Waals surface area contributed by atoms with E-state index in [2.05, 4.69) is 11.6 Å². The molecule has 72 valence electrons. The molecular weight excluding hydrogens is 170 g/mol. The first-order valence-corrected chi connectivity index (χ1v) is 4.65. The summed E-state index contributed by atoms with van der Waals surface area (Å²) in [5, 5.41) is 0. The van der Waals surface area contributed by atoms with Crippen LogP contribution in [-0.4, -0.2) is 6.21 Å². The second-order valence-electron chi connectivity index (χ2n) is 3.08. The van der Waals surface area contributed by atoms with Crippen molar-refractivity contribution in [3.05, 3.63) is 54.2 Å². The second-order valence-corrected chi connectivity index (χ2v) is 3.08. The van der Waals surface area contributed by atoms with Gasteiger partial charge in [0, 0.05) is 11.9 Å². The van der Waals surface area contributed by atoms with E-state index in [1.807, 2.05) is 50.3 Å². The molecule has 1 rings (SSSR count). The normalized spacial score (nSPS) is 12.0. The van der Waals surface area contributed by atoms with Gasteiger partial charge in [0.1, 0.15) is 0 Å². The van der Waals surface area contributed by atoms with Crippen LogP contribution in [0, 0.1) is 0 Å². The van der Waals surface area contributed by atoms with E-state index in [0.717, 1.165) is 16.8 Å². The molecule has 1 nitrogen and oxygen atoms in total. The largest absolute Gasteiger partial charge is 0.261 e. The van der Waals surface area contributed by atoms with Gasteiger partial charge in [-0.15, -0.1) is 0 Å². The fraction of sp³-hybridized carbons (Fsp3) is 0.154. The van der Waals surface area contributed by atoms with E-state index >= 15 is 0 Å². The maximum absolute atomic E-state index is 4.26. The monoisotopic (exact) mass is 185 g/mol. The molecule has 0 heterocycles. The van der Waals surface area contributed by atoms with Gasteiger partial charge in [-0.25, -0.2) is 0 Å². The Kier molecular flexibility index (Phi) is 3.86. The van der Waals surface area contributed by atoms with Gasteiger partial charge in [0.25, 0.3) is 0 Å². The van der Waals surface area contributed by atoms with Gasteiger partial charge in [0.05, 0.1) is 0 Å².